The van der Waals surface area contributed by atoms with Crippen LogP contribution in [0.3, 0.4) is 0 Å². The van der Waals surface area contributed by atoms with Gasteiger partial charge in [-0.2, -0.15) is 0 Å². The fourth-order valence-electron chi connectivity index (χ4n) is 2.29. The summed E-state index contributed by atoms with van der Waals surface area (Å²) in [5.74, 6) is -0.643. The van der Waals surface area contributed by atoms with E-state index in [1.807, 2.05) is 18.2 Å². The molecule has 28 heavy (non-hydrogen) atoms. The first-order chi connectivity index (χ1) is 13.5. The number of anilines is 1. The molecule has 0 radical (unpaired) electrons. The highest BCUT2D eigenvalue weighted by molar-refractivity contribution is 5.96. The molecule has 0 saturated carbocycles. The molecule has 0 saturated heterocycles. The average Bonchev–Trinajstić information content (AvgIpc) is 3.18. The van der Waals surface area contributed by atoms with Gasteiger partial charge in [0.05, 0.1) is 0 Å². The molecule has 0 spiro atoms. The van der Waals surface area contributed by atoms with E-state index in [0.29, 0.717) is 17.2 Å². The summed E-state index contributed by atoms with van der Waals surface area (Å²) in [6.45, 7) is 1.58. The minimum Gasteiger partial charge on any atom is -0.486 e. The van der Waals surface area contributed by atoms with E-state index in [4.69, 9.17) is 13.9 Å². The number of hydrogen-bond acceptors (Lipinski definition) is 5. The summed E-state index contributed by atoms with van der Waals surface area (Å²) in [5.41, 5.74) is 0.396. The minimum atomic E-state index is -1.06. The molecule has 1 heterocycles. The molecule has 1 aromatic heterocycles. The predicted molar refractivity (Wildman–Crippen MR) is 99.4 cm³/mol. The smallest absolute Gasteiger partial charge is 0.375 e. The number of para-hydroxylation sites is 1. The fraction of sp³-hybridized carbons (Fsp3) is 0.143. The third-order valence-electron chi connectivity index (χ3n) is 3.75. The lowest BCUT2D eigenvalue weighted by molar-refractivity contribution is -0.123. The maximum atomic E-state index is 12.9. The highest BCUT2D eigenvalue weighted by atomic mass is 19.1. The van der Waals surface area contributed by atoms with E-state index in [1.165, 1.54) is 37.3 Å². The third kappa shape index (κ3) is 5.20. The van der Waals surface area contributed by atoms with Crippen LogP contribution < -0.4 is 10.1 Å². The molecule has 2 aromatic carbocycles. The first kappa shape index (κ1) is 19.2. The fourth-order valence-corrected chi connectivity index (χ4v) is 2.29. The van der Waals surface area contributed by atoms with Gasteiger partial charge in [-0.25, -0.2) is 9.18 Å². The Morgan fingerprint density at radius 1 is 1.04 bits per heavy atom. The predicted octanol–water partition coefficient (Wildman–Crippen LogP) is 4.18. The molecule has 3 aromatic rings. The normalized spacial score (nSPS) is 11.5. The Morgan fingerprint density at radius 3 is 2.46 bits per heavy atom. The van der Waals surface area contributed by atoms with Crippen molar-refractivity contribution in [3.05, 3.63) is 84.1 Å². The minimum absolute atomic E-state index is 0.0342. The van der Waals surface area contributed by atoms with Crippen molar-refractivity contribution in [1.29, 1.82) is 0 Å². The van der Waals surface area contributed by atoms with Crippen LogP contribution in [-0.4, -0.2) is 18.0 Å². The molecule has 0 bridgehead atoms. The lowest BCUT2D eigenvalue weighted by atomic mass is 10.3. The van der Waals surface area contributed by atoms with E-state index >= 15 is 0 Å². The number of ether oxygens (including phenoxy) is 2. The van der Waals surface area contributed by atoms with E-state index in [0.717, 1.165) is 0 Å². The molecule has 1 N–H and O–H groups in total. The van der Waals surface area contributed by atoms with E-state index in [2.05, 4.69) is 5.32 Å². The van der Waals surface area contributed by atoms with Crippen molar-refractivity contribution >= 4 is 17.6 Å². The molecule has 1 amide bonds. The Hall–Kier alpha value is -3.61. The van der Waals surface area contributed by atoms with Crippen LogP contribution in [0.25, 0.3) is 0 Å². The van der Waals surface area contributed by atoms with Gasteiger partial charge in [0.15, 0.2) is 6.10 Å². The van der Waals surface area contributed by atoms with Crippen molar-refractivity contribution in [2.24, 2.45) is 0 Å². The Morgan fingerprint density at radius 2 is 1.75 bits per heavy atom. The quantitative estimate of drug-likeness (QED) is 0.619. The topological polar surface area (TPSA) is 77.8 Å². The highest BCUT2D eigenvalue weighted by Gasteiger charge is 2.21. The number of carbonyl (C=O) groups excluding carboxylic acids is 2. The molecule has 0 unspecified atom stereocenters. The Balaban J connectivity index is 1.51. The molecule has 6 nitrogen and oxygen atoms in total. The maximum absolute atomic E-state index is 12.9. The van der Waals surface area contributed by atoms with Gasteiger partial charge in [0.1, 0.15) is 23.9 Å². The number of amides is 1. The molecule has 144 valence electrons. The molecule has 0 aliphatic carbocycles. The van der Waals surface area contributed by atoms with Gasteiger partial charge in [-0.05, 0) is 55.5 Å². The number of esters is 1. The Labute approximate surface area is 160 Å². The second-order valence-electron chi connectivity index (χ2n) is 5.91. The number of furan rings is 1. The lowest BCUT2D eigenvalue weighted by Gasteiger charge is -2.12. The van der Waals surface area contributed by atoms with E-state index in [-0.39, 0.29) is 12.4 Å². The van der Waals surface area contributed by atoms with Crippen LogP contribution >= 0.6 is 0 Å². The van der Waals surface area contributed by atoms with Gasteiger partial charge >= 0.3 is 5.97 Å². The van der Waals surface area contributed by atoms with Gasteiger partial charge in [0.25, 0.3) is 5.91 Å². The summed E-state index contributed by atoms with van der Waals surface area (Å²) in [5, 5.41) is 2.54. The lowest BCUT2D eigenvalue weighted by Crippen LogP contribution is -2.29. The van der Waals surface area contributed by atoms with Crippen LogP contribution in [0.4, 0.5) is 10.1 Å². The first-order valence-corrected chi connectivity index (χ1v) is 8.55. The van der Waals surface area contributed by atoms with E-state index in [9.17, 15) is 14.0 Å². The van der Waals surface area contributed by atoms with Crippen molar-refractivity contribution in [2.75, 3.05) is 5.32 Å². The third-order valence-corrected chi connectivity index (χ3v) is 3.75. The summed E-state index contributed by atoms with van der Waals surface area (Å²) in [4.78, 5) is 24.3. The zero-order chi connectivity index (χ0) is 19.9. The van der Waals surface area contributed by atoms with Gasteiger partial charge in [-0.1, -0.05) is 18.2 Å². The number of rotatable bonds is 7. The van der Waals surface area contributed by atoms with Crippen molar-refractivity contribution in [3.63, 3.8) is 0 Å². The second kappa shape index (κ2) is 8.85. The van der Waals surface area contributed by atoms with Crippen molar-refractivity contribution in [2.45, 2.75) is 19.6 Å². The number of halogens is 1. The van der Waals surface area contributed by atoms with Crippen molar-refractivity contribution in [1.82, 2.24) is 0 Å². The SMILES string of the molecule is C[C@@H](OC(=O)c1ccc(COc2ccccc2)o1)C(=O)Nc1ccc(F)cc1. The van der Waals surface area contributed by atoms with Gasteiger partial charge in [0, 0.05) is 5.69 Å². The van der Waals surface area contributed by atoms with Crippen molar-refractivity contribution < 1.29 is 27.9 Å². The molecule has 7 heteroatoms. The Kier molecular flexibility index (Phi) is 6.06. The largest absolute Gasteiger partial charge is 0.486 e. The van der Waals surface area contributed by atoms with Crippen LogP contribution in [0.15, 0.2) is 71.1 Å². The molecular formula is C21H18FNO5. The monoisotopic (exact) mass is 383 g/mol. The molecule has 0 fully saturated rings. The standard InChI is InChI=1S/C21H18FNO5/c1-14(20(24)23-16-9-7-15(22)8-10-16)27-21(25)19-12-11-18(28-19)13-26-17-5-3-2-4-6-17/h2-12,14H,13H2,1H3,(H,23,24)/t14-/m1/s1. The Bertz CT molecular complexity index is 937. The van der Waals surface area contributed by atoms with E-state index in [1.54, 1.807) is 18.2 Å². The molecule has 0 aliphatic rings. The van der Waals surface area contributed by atoms with Crippen molar-refractivity contribution in [3.8, 4) is 5.75 Å². The summed E-state index contributed by atoms with van der Waals surface area (Å²) < 4.78 is 29.0. The number of benzene rings is 2. The zero-order valence-corrected chi connectivity index (χ0v) is 15.1. The average molecular weight is 383 g/mol. The zero-order valence-electron chi connectivity index (χ0n) is 15.1. The van der Waals surface area contributed by atoms with Gasteiger partial charge in [-0.15, -0.1) is 0 Å². The molecule has 1 atom stereocenters. The van der Waals surface area contributed by atoms with Gasteiger partial charge in [0.2, 0.25) is 5.76 Å². The molecular weight excluding hydrogens is 365 g/mol. The first-order valence-electron chi connectivity index (χ1n) is 8.55. The second-order valence-corrected chi connectivity index (χ2v) is 5.91. The maximum Gasteiger partial charge on any atom is 0.375 e. The van der Waals surface area contributed by atoms with Crippen LogP contribution in [0.1, 0.15) is 23.2 Å². The van der Waals surface area contributed by atoms with Crippen LogP contribution in [0.5, 0.6) is 5.75 Å². The molecule has 3 rings (SSSR count). The summed E-state index contributed by atoms with van der Waals surface area (Å²) in [6, 6.07) is 17.5. The summed E-state index contributed by atoms with van der Waals surface area (Å²) >= 11 is 0. The van der Waals surface area contributed by atoms with E-state index < -0.39 is 23.8 Å². The van der Waals surface area contributed by atoms with Crippen LogP contribution in [0, 0.1) is 5.82 Å². The molecule has 0 aliphatic heterocycles. The number of hydrogen-bond donors (Lipinski definition) is 1. The summed E-state index contributed by atoms with van der Waals surface area (Å²) in [6.07, 6.45) is -1.06. The van der Waals surface area contributed by atoms with Crippen LogP contribution in [-0.2, 0) is 16.1 Å². The number of nitrogens with one attached hydrogen (secondary N) is 1. The number of carbonyl (C=O) groups is 2. The highest BCUT2D eigenvalue weighted by Crippen LogP contribution is 2.15. The van der Waals surface area contributed by atoms with Gasteiger partial charge < -0.3 is 19.2 Å². The van der Waals surface area contributed by atoms with Gasteiger partial charge in [-0.3, -0.25) is 4.79 Å². The summed E-state index contributed by atoms with van der Waals surface area (Å²) in [7, 11) is 0. The van der Waals surface area contributed by atoms with Crippen LogP contribution in [0.2, 0.25) is 0 Å².